The van der Waals surface area contributed by atoms with E-state index in [0.717, 1.165) is 5.56 Å². The molecule has 70 valence electrons. The predicted molar refractivity (Wildman–Crippen MR) is 53.6 cm³/mol. The van der Waals surface area contributed by atoms with Gasteiger partial charge in [0, 0.05) is 12.7 Å². The van der Waals surface area contributed by atoms with E-state index in [-0.39, 0.29) is 5.85 Å². The molecule has 1 heterocycles. The number of methoxy groups -OCH3 is 1. The quantitative estimate of drug-likeness (QED) is 0.531. The van der Waals surface area contributed by atoms with Gasteiger partial charge in [-0.2, -0.15) is 4.67 Å². The summed E-state index contributed by atoms with van der Waals surface area (Å²) in [7, 11) is 1.63. The molecule has 2 atom stereocenters. The lowest BCUT2D eigenvalue weighted by molar-refractivity contribution is -0.100. The normalized spacial score (nSPS) is 26.2. The monoisotopic (exact) mass is 216 g/mol. The number of hydrogen-bond donors (Lipinski definition) is 0. The van der Waals surface area contributed by atoms with Gasteiger partial charge >= 0.3 is 0 Å². The number of benzene rings is 1. The third kappa shape index (κ3) is 1.63. The number of rotatable bonds is 1. The molecule has 0 fully saturated rings. The molecule has 0 radical (unpaired) electrons. The molecule has 1 aromatic rings. The van der Waals surface area contributed by atoms with Crippen LogP contribution in [0.25, 0.3) is 0 Å². The van der Waals surface area contributed by atoms with Crippen LogP contribution in [0, 0.1) is 0 Å². The van der Waals surface area contributed by atoms with Crippen molar-refractivity contribution in [3.63, 3.8) is 0 Å². The standard InChI is InChI=1S/C8H9O3PS/c1-9-8-6-4-2-3-5-7(6)10-11-12(8)13/h2-5,8,12H,1H3. The molecule has 1 aliphatic heterocycles. The first kappa shape index (κ1) is 9.16. The van der Waals surface area contributed by atoms with E-state index in [1.54, 1.807) is 7.11 Å². The third-order valence-corrected chi connectivity index (χ3v) is 3.93. The second-order valence-corrected chi connectivity index (χ2v) is 5.18. The zero-order chi connectivity index (χ0) is 9.26. The lowest BCUT2D eigenvalue weighted by Crippen LogP contribution is -2.08. The molecule has 0 aliphatic carbocycles. The molecule has 1 aliphatic rings. The predicted octanol–water partition coefficient (Wildman–Crippen LogP) is 2.25. The fraction of sp³-hybridized carbons (Fsp3) is 0.250. The van der Waals surface area contributed by atoms with E-state index in [9.17, 15) is 0 Å². The van der Waals surface area contributed by atoms with Crippen molar-refractivity contribution in [2.24, 2.45) is 0 Å². The summed E-state index contributed by atoms with van der Waals surface area (Å²) >= 11 is 5.12. The van der Waals surface area contributed by atoms with E-state index in [4.69, 9.17) is 26.1 Å². The highest BCUT2D eigenvalue weighted by atomic mass is 32.4. The topological polar surface area (TPSA) is 27.7 Å². The first-order valence-corrected chi connectivity index (χ1v) is 6.45. The zero-order valence-corrected chi connectivity index (χ0v) is 8.84. The van der Waals surface area contributed by atoms with Crippen LogP contribution in [0.1, 0.15) is 11.4 Å². The van der Waals surface area contributed by atoms with Crippen LogP contribution in [0.4, 0.5) is 0 Å². The van der Waals surface area contributed by atoms with Crippen molar-refractivity contribution in [3.8, 4) is 5.75 Å². The van der Waals surface area contributed by atoms with Crippen LogP contribution in [0.3, 0.4) is 0 Å². The van der Waals surface area contributed by atoms with Gasteiger partial charge in [0.15, 0.2) is 5.75 Å². The largest absolute Gasteiger partial charge is 0.369 e. The van der Waals surface area contributed by atoms with Gasteiger partial charge in [0.05, 0.1) is 0 Å². The molecule has 5 heteroatoms. The molecule has 0 bridgehead atoms. The minimum Gasteiger partial charge on any atom is -0.369 e. The minimum absolute atomic E-state index is 0.120. The first-order chi connectivity index (χ1) is 6.33. The summed E-state index contributed by atoms with van der Waals surface area (Å²) in [6.45, 7) is -1.46. The summed E-state index contributed by atoms with van der Waals surface area (Å²) in [6.07, 6.45) is 0. The lowest BCUT2D eigenvalue weighted by atomic mass is 10.2. The molecule has 3 nitrogen and oxygen atoms in total. The van der Waals surface area contributed by atoms with Gasteiger partial charge in [-0.05, 0) is 6.07 Å². The van der Waals surface area contributed by atoms with Crippen LogP contribution in [0.2, 0.25) is 0 Å². The van der Waals surface area contributed by atoms with Crippen LogP contribution >= 0.6 is 6.92 Å². The van der Waals surface area contributed by atoms with Crippen molar-refractivity contribution < 1.29 is 14.3 Å². The van der Waals surface area contributed by atoms with Gasteiger partial charge < -0.3 is 9.62 Å². The summed E-state index contributed by atoms with van der Waals surface area (Å²) < 4.78 is 10.3. The maximum atomic E-state index is 5.27. The maximum absolute atomic E-state index is 5.27. The Labute approximate surface area is 82.0 Å². The molecule has 2 unspecified atom stereocenters. The Bertz CT molecular complexity index is 342. The van der Waals surface area contributed by atoms with Gasteiger partial charge in [0.1, 0.15) is 12.8 Å². The first-order valence-electron chi connectivity index (χ1n) is 3.83. The summed E-state index contributed by atoms with van der Waals surface area (Å²) in [5.74, 6) is 0.581. The second kappa shape index (κ2) is 3.76. The van der Waals surface area contributed by atoms with Crippen LogP contribution in [0.15, 0.2) is 24.3 Å². The Balaban J connectivity index is 2.45. The summed E-state index contributed by atoms with van der Waals surface area (Å²) in [5, 5.41) is 0. The van der Waals surface area contributed by atoms with Crippen molar-refractivity contribution in [1.29, 1.82) is 0 Å². The van der Waals surface area contributed by atoms with Crippen molar-refractivity contribution in [1.82, 2.24) is 0 Å². The number of fused-ring (bicyclic) bond motifs is 1. The van der Waals surface area contributed by atoms with Gasteiger partial charge in [-0.1, -0.05) is 30.0 Å². The van der Waals surface area contributed by atoms with Gasteiger partial charge in [-0.25, -0.2) is 0 Å². The van der Waals surface area contributed by atoms with Gasteiger partial charge in [-0.15, -0.1) is 0 Å². The number of hydrogen-bond acceptors (Lipinski definition) is 4. The summed E-state index contributed by atoms with van der Waals surface area (Å²) in [4.78, 5) is 5.03. The van der Waals surface area contributed by atoms with Gasteiger partial charge in [0.2, 0.25) is 0 Å². The van der Waals surface area contributed by atoms with Crippen molar-refractivity contribution in [2.75, 3.05) is 7.11 Å². The molecule has 0 N–H and O–H groups in total. The molecular weight excluding hydrogens is 207 g/mol. The summed E-state index contributed by atoms with van der Waals surface area (Å²) in [5.41, 5.74) is 0.986. The van der Waals surface area contributed by atoms with Crippen LogP contribution in [0.5, 0.6) is 5.75 Å². The Hall–Kier alpha value is -0.410. The third-order valence-electron chi connectivity index (χ3n) is 1.86. The van der Waals surface area contributed by atoms with E-state index in [1.165, 1.54) is 0 Å². The fourth-order valence-corrected chi connectivity index (χ4v) is 2.97. The van der Waals surface area contributed by atoms with Crippen LogP contribution in [-0.4, -0.2) is 7.11 Å². The van der Waals surface area contributed by atoms with Gasteiger partial charge in [0.25, 0.3) is 0 Å². The zero-order valence-electron chi connectivity index (χ0n) is 7.02. The smallest absolute Gasteiger partial charge is 0.172 e. The van der Waals surface area contributed by atoms with Crippen molar-refractivity contribution >= 4 is 18.7 Å². The highest BCUT2D eigenvalue weighted by molar-refractivity contribution is 8.02. The van der Waals surface area contributed by atoms with E-state index >= 15 is 0 Å². The molecule has 13 heavy (non-hydrogen) atoms. The lowest BCUT2D eigenvalue weighted by Gasteiger charge is -2.24. The Morgan fingerprint density at radius 1 is 1.46 bits per heavy atom. The Kier molecular flexibility index (Phi) is 2.65. The number of para-hydroxylation sites is 1. The van der Waals surface area contributed by atoms with E-state index in [0.29, 0.717) is 5.75 Å². The molecule has 0 aromatic heterocycles. The van der Waals surface area contributed by atoms with Crippen LogP contribution < -0.4 is 4.89 Å². The molecule has 1 aromatic carbocycles. The molecular formula is C8H9O3PS. The van der Waals surface area contributed by atoms with E-state index in [1.807, 2.05) is 24.3 Å². The average Bonchev–Trinajstić information content (AvgIpc) is 2.18. The maximum Gasteiger partial charge on any atom is 0.172 e. The molecule has 0 amide bonds. The highest BCUT2D eigenvalue weighted by Crippen LogP contribution is 2.49. The summed E-state index contributed by atoms with van der Waals surface area (Å²) in [6, 6.07) is 7.61. The average molecular weight is 216 g/mol. The minimum atomic E-state index is -1.46. The molecule has 0 saturated carbocycles. The van der Waals surface area contributed by atoms with E-state index in [2.05, 4.69) is 0 Å². The molecule has 0 spiro atoms. The Morgan fingerprint density at radius 2 is 2.23 bits per heavy atom. The second-order valence-electron chi connectivity index (χ2n) is 2.64. The fourth-order valence-electron chi connectivity index (χ4n) is 1.25. The SMILES string of the molecule is COC1c2ccccc2OO[PH]1=S. The highest BCUT2D eigenvalue weighted by Gasteiger charge is 2.25. The molecule has 0 saturated heterocycles. The van der Waals surface area contributed by atoms with Gasteiger partial charge in [-0.3, -0.25) is 0 Å². The Morgan fingerprint density at radius 3 is 3.00 bits per heavy atom. The molecule has 2 rings (SSSR count). The van der Waals surface area contributed by atoms with Crippen molar-refractivity contribution in [2.45, 2.75) is 5.85 Å². The number of ether oxygens (including phenoxy) is 1. The van der Waals surface area contributed by atoms with Crippen molar-refractivity contribution in [3.05, 3.63) is 29.8 Å². The van der Waals surface area contributed by atoms with Crippen LogP contribution in [-0.2, 0) is 21.2 Å². The van der Waals surface area contributed by atoms with E-state index < -0.39 is 6.92 Å².